The van der Waals surface area contributed by atoms with E-state index in [-0.39, 0.29) is 5.41 Å². The summed E-state index contributed by atoms with van der Waals surface area (Å²) < 4.78 is 23.9. The predicted octanol–water partition coefficient (Wildman–Crippen LogP) is 12.0. The first-order valence-electron chi connectivity index (χ1n) is 19.6. The van der Waals surface area contributed by atoms with Crippen molar-refractivity contribution in [1.82, 2.24) is 0 Å². The minimum absolute atomic E-state index is 0.310. The van der Waals surface area contributed by atoms with Crippen LogP contribution in [0.4, 0.5) is 0 Å². The van der Waals surface area contributed by atoms with Crippen molar-refractivity contribution < 1.29 is 9.30 Å². The van der Waals surface area contributed by atoms with Crippen molar-refractivity contribution in [2.75, 3.05) is 6.61 Å². The van der Waals surface area contributed by atoms with Gasteiger partial charge in [0.15, 0.2) is 7.14 Å². The molecule has 270 valence electrons. The van der Waals surface area contributed by atoms with Crippen LogP contribution >= 0.6 is 7.14 Å². The topological polar surface area (TPSA) is 26.3 Å². The van der Waals surface area contributed by atoms with Gasteiger partial charge in [0, 0.05) is 26.9 Å². The lowest BCUT2D eigenvalue weighted by molar-refractivity contribution is 0.235. The van der Waals surface area contributed by atoms with Gasteiger partial charge >= 0.3 is 0 Å². The van der Waals surface area contributed by atoms with E-state index in [1.165, 1.54) is 16.7 Å². The van der Waals surface area contributed by atoms with Gasteiger partial charge in [-0.15, -0.1) is 0 Å². The van der Waals surface area contributed by atoms with Crippen LogP contribution in [0.3, 0.4) is 0 Å². The Labute approximate surface area is 329 Å². The van der Waals surface area contributed by atoms with Gasteiger partial charge in [0.05, 0.1) is 6.61 Å². The summed E-state index contributed by atoms with van der Waals surface area (Å²) in [5.41, 5.74) is 11.9. The Balaban J connectivity index is 1.32. The third-order valence-corrected chi connectivity index (χ3v) is 15.0. The summed E-state index contributed by atoms with van der Waals surface area (Å²) >= 11 is 0. The minimum Gasteiger partial charge on any atom is -0.493 e. The quantitative estimate of drug-likeness (QED) is 0.152. The van der Waals surface area contributed by atoms with Crippen molar-refractivity contribution in [1.29, 1.82) is 0 Å². The molecule has 0 aromatic heterocycles. The first-order chi connectivity index (χ1) is 27.6. The van der Waals surface area contributed by atoms with E-state index in [0.717, 1.165) is 85.4 Å². The second-order valence-corrected chi connectivity index (χ2v) is 17.8. The molecule has 0 N–H and O–H groups in total. The summed E-state index contributed by atoms with van der Waals surface area (Å²) in [6.45, 7) is 0.623. The van der Waals surface area contributed by atoms with E-state index >= 15 is 4.57 Å². The van der Waals surface area contributed by atoms with Gasteiger partial charge in [0.2, 0.25) is 0 Å². The maximum atomic E-state index is 17.6. The normalized spacial score (nSPS) is 15.9. The zero-order valence-corrected chi connectivity index (χ0v) is 32.0. The Morgan fingerprint density at radius 3 is 1.36 bits per heavy atom. The molecule has 2 nitrogen and oxygen atoms in total. The van der Waals surface area contributed by atoms with E-state index in [1.807, 2.05) is 0 Å². The molecular weight excluding hydrogens is 700 g/mol. The highest BCUT2D eigenvalue weighted by Crippen LogP contribution is 2.56. The van der Waals surface area contributed by atoms with Crippen LogP contribution in [0.15, 0.2) is 200 Å². The van der Waals surface area contributed by atoms with Crippen molar-refractivity contribution in [3.8, 4) is 50.3 Å². The lowest BCUT2D eigenvalue weighted by atomic mass is 9.71. The third kappa shape index (κ3) is 5.85. The van der Waals surface area contributed by atoms with Gasteiger partial charge in [-0.1, -0.05) is 158 Å². The van der Waals surface area contributed by atoms with Crippen molar-refractivity contribution in [2.24, 2.45) is 0 Å². The van der Waals surface area contributed by atoms with Gasteiger partial charge in [-0.3, -0.25) is 0 Å². The maximum Gasteiger partial charge on any atom is 0.171 e. The third-order valence-electron chi connectivity index (χ3n) is 11.9. The van der Waals surface area contributed by atoms with E-state index < -0.39 is 7.14 Å². The summed E-state index contributed by atoms with van der Waals surface area (Å²) in [5.74, 6) is 0.936. The molecular formula is C53H41O2P. The molecule has 0 saturated heterocycles. The van der Waals surface area contributed by atoms with Gasteiger partial charge in [0.25, 0.3) is 0 Å². The lowest BCUT2D eigenvalue weighted by Crippen LogP contribution is -2.38. The molecule has 8 aromatic rings. The van der Waals surface area contributed by atoms with Gasteiger partial charge in [-0.25, -0.2) is 0 Å². The van der Waals surface area contributed by atoms with Crippen LogP contribution in [0.5, 0.6) is 5.75 Å². The number of aryl methyl sites for hydroxylation is 1. The van der Waals surface area contributed by atoms with Crippen LogP contribution in [0.1, 0.15) is 29.5 Å². The van der Waals surface area contributed by atoms with Crippen molar-refractivity contribution in [3.05, 3.63) is 217 Å². The highest BCUT2D eigenvalue weighted by Gasteiger charge is 2.48. The molecule has 0 bridgehead atoms. The fraction of sp³-hybridized carbons (Fsp3) is 0.0943. The van der Waals surface area contributed by atoms with Crippen LogP contribution < -0.4 is 20.7 Å². The van der Waals surface area contributed by atoms with Crippen LogP contribution in [-0.4, -0.2) is 6.61 Å². The Morgan fingerprint density at radius 2 is 0.875 bits per heavy atom. The Kier molecular flexibility index (Phi) is 8.66. The number of para-hydroxylation sites is 1. The van der Waals surface area contributed by atoms with Gasteiger partial charge < -0.3 is 9.30 Å². The van der Waals surface area contributed by atoms with Crippen molar-refractivity contribution >= 4 is 23.1 Å². The number of benzene rings is 8. The number of hydrogen-bond acceptors (Lipinski definition) is 2. The van der Waals surface area contributed by atoms with E-state index in [2.05, 4.69) is 200 Å². The molecule has 8 aromatic carbocycles. The summed E-state index contributed by atoms with van der Waals surface area (Å²) in [5, 5.41) is 2.59. The monoisotopic (exact) mass is 740 g/mol. The van der Waals surface area contributed by atoms with Crippen LogP contribution in [-0.2, 0) is 16.4 Å². The Bertz CT molecular complexity index is 2500. The molecule has 0 amide bonds. The average molecular weight is 741 g/mol. The Morgan fingerprint density at radius 1 is 0.429 bits per heavy atom. The highest BCUT2D eigenvalue weighted by atomic mass is 31.2. The maximum absolute atomic E-state index is 17.6. The second kappa shape index (κ2) is 14.1. The minimum atomic E-state index is -3.65. The van der Waals surface area contributed by atoms with Gasteiger partial charge in [-0.05, 0) is 117 Å². The molecule has 1 spiro atoms. The SMILES string of the molecule is O=P(c1cc(-c2ccccc2)cc(-c2ccccc2)c1)(c1cc(-c2ccccc2)cc(-c2ccccc2)c1)c1cccc2c1[C@@]1(CCOc3ccccc31)CC2. The van der Waals surface area contributed by atoms with Gasteiger partial charge in [-0.2, -0.15) is 0 Å². The second-order valence-electron chi connectivity index (χ2n) is 15.1. The first-order valence-corrected chi connectivity index (χ1v) is 21.3. The van der Waals surface area contributed by atoms with Crippen molar-refractivity contribution in [2.45, 2.75) is 24.7 Å². The number of ether oxygens (including phenoxy) is 1. The van der Waals surface area contributed by atoms with E-state index in [4.69, 9.17) is 4.74 Å². The van der Waals surface area contributed by atoms with Crippen LogP contribution in [0.2, 0.25) is 0 Å². The van der Waals surface area contributed by atoms with Gasteiger partial charge in [0.1, 0.15) is 5.75 Å². The first kappa shape index (κ1) is 34.3. The fourth-order valence-electron chi connectivity index (χ4n) is 9.26. The van der Waals surface area contributed by atoms with Crippen LogP contribution in [0, 0.1) is 0 Å². The zero-order chi connectivity index (χ0) is 37.5. The van der Waals surface area contributed by atoms with Crippen LogP contribution in [0.25, 0.3) is 44.5 Å². The molecule has 0 saturated carbocycles. The number of rotatable bonds is 7. The summed E-state index contributed by atoms with van der Waals surface area (Å²) in [4.78, 5) is 0. The molecule has 0 unspecified atom stereocenters. The average Bonchev–Trinajstić information content (AvgIpc) is 3.65. The molecule has 0 fully saturated rings. The summed E-state index contributed by atoms with van der Waals surface area (Å²) in [7, 11) is -3.65. The molecule has 2 aliphatic rings. The van der Waals surface area contributed by atoms with Crippen molar-refractivity contribution in [3.63, 3.8) is 0 Å². The standard InChI is InChI=1S/C53H41O2P/c54-56(47-34-43(38-16-5-1-6-17-38)32-44(35-47)39-18-7-2-8-19-39,48-36-45(40-20-9-3-10-21-40)33-46(37-48)41-22-11-4-12-23-41)51-27-15-24-42-28-29-53(52(42)51)30-31-55-50-26-14-13-25-49(50)53/h1-27,32-37H,28-31H2/t53-/m1/s1. The number of hydrogen-bond donors (Lipinski definition) is 0. The molecule has 1 heterocycles. The van der Waals surface area contributed by atoms with E-state index in [0.29, 0.717) is 6.61 Å². The predicted molar refractivity (Wildman–Crippen MR) is 233 cm³/mol. The lowest BCUT2D eigenvalue weighted by Gasteiger charge is -2.39. The Hall–Kier alpha value is -6.21. The zero-order valence-electron chi connectivity index (χ0n) is 31.1. The fourth-order valence-corrected chi connectivity index (χ4v) is 12.4. The molecule has 1 aliphatic heterocycles. The van der Waals surface area contributed by atoms with E-state index in [1.54, 1.807) is 0 Å². The molecule has 56 heavy (non-hydrogen) atoms. The molecule has 1 atom stereocenters. The number of fused-ring (bicyclic) bond motifs is 4. The molecule has 3 heteroatoms. The summed E-state index contributed by atoms with van der Waals surface area (Å²) in [6.07, 6.45) is 2.72. The molecule has 10 rings (SSSR count). The van der Waals surface area contributed by atoms with E-state index in [9.17, 15) is 0 Å². The largest absolute Gasteiger partial charge is 0.493 e. The molecule has 1 aliphatic carbocycles. The molecule has 0 radical (unpaired) electrons. The smallest absolute Gasteiger partial charge is 0.171 e. The highest BCUT2D eigenvalue weighted by molar-refractivity contribution is 7.85. The summed E-state index contributed by atoms with van der Waals surface area (Å²) in [6, 6.07) is 70.5.